The molecule has 8 heteroatoms. The van der Waals surface area contributed by atoms with Gasteiger partial charge in [-0.3, -0.25) is 9.59 Å². The molecular weight excluding hydrogens is 468 g/mol. The number of thiophene rings is 1. The second-order valence-electron chi connectivity index (χ2n) is 6.67. The molecule has 0 fully saturated rings. The van der Waals surface area contributed by atoms with Crippen molar-refractivity contribution >= 4 is 44.8 Å². The summed E-state index contributed by atoms with van der Waals surface area (Å²) in [6, 6.07) is 14.3. The molecule has 154 valence electrons. The number of rotatable bonds is 4. The van der Waals surface area contributed by atoms with E-state index < -0.39 is 6.04 Å². The fourth-order valence-corrected chi connectivity index (χ4v) is 4.86. The first-order valence-electron chi connectivity index (χ1n) is 9.18. The van der Waals surface area contributed by atoms with E-state index in [1.54, 1.807) is 23.1 Å². The Balaban J connectivity index is 1.89. The van der Waals surface area contributed by atoms with Crippen LogP contribution in [-0.4, -0.2) is 37.5 Å². The first kappa shape index (κ1) is 20.4. The SMILES string of the molecule is COc1cccc(C(=O)N2CC(=O)Nc3ccc(Br)cc3C2c2cccs2)c1OC. The zero-order valence-corrected chi connectivity index (χ0v) is 18.7. The molecule has 2 amide bonds. The Morgan fingerprint density at radius 2 is 2.00 bits per heavy atom. The summed E-state index contributed by atoms with van der Waals surface area (Å²) in [5.41, 5.74) is 1.87. The second kappa shape index (κ2) is 8.49. The molecule has 0 bridgehead atoms. The number of carbonyl (C=O) groups excluding carboxylic acids is 2. The Hall–Kier alpha value is -2.84. The van der Waals surface area contributed by atoms with Gasteiger partial charge in [0, 0.05) is 20.6 Å². The molecule has 1 aliphatic rings. The quantitative estimate of drug-likeness (QED) is 0.579. The molecule has 2 aromatic carbocycles. The molecule has 1 aromatic heterocycles. The minimum absolute atomic E-state index is 0.0892. The lowest BCUT2D eigenvalue weighted by Gasteiger charge is -2.30. The lowest BCUT2D eigenvalue weighted by atomic mass is 10.0. The summed E-state index contributed by atoms with van der Waals surface area (Å²) in [4.78, 5) is 29.0. The van der Waals surface area contributed by atoms with Crippen molar-refractivity contribution in [1.82, 2.24) is 4.90 Å². The normalized spacial score (nSPS) is 15.8. The highest BCUT2D eigenvalue weighted by Gasteiger charge is 2.36. The third-order valence-electron chi connectivity index (χ3n) is 4.91. The van der Waals surface area contributed by atoms with Crippen molar-refractivity contribution in [2.24, 2.45) is 0 Å². The summed E-state index contributed by atoms with van der Waals surface area (Å²) in [5, 5.41) is 4.88. The Bertz CT molecular complexity index is 1100. The number of benzene rings is 2. The molecule has 1 unspecified atom stereocenters. The molecule has 0 spiro atoms. The van der Waals surface area contributed by atoms with Gasteiger partial charge in [0.15, 0.2) is 11.5 Å². The third kappa shape index (κ3) is 3.68. The molecule has 2 heterocycles. The number of methoxy groups -OCH3 is 2. The van der Waals surface area contributed by atoms with E-state index in [4.69, 9.17) is 9.47 Å². The Kier molecular flexibility index (Phi) is 5.78. The van der Waals surface area contributed by atoms with Crippen molar-refractivity contribution in [2.45, 2.75) is 6.04 Å². The number of nitrogens with one attached hydrogen (secondary N) is 1. The number of hydrogen-bond donors (Lipinski definition) is 1. The number of halogens is 1. The maximum absolute atomic E-state index is 13.7. The van der Waals surface area contributed by atoms with E-state index in [0.717, 1.165) is 14.9 Å². The summed E-state index contributed by atoms with van der Waals surface area (Å²) in [6.07, 6.45) is 0. The van der Waals surface area contributed by atoms with Gasteiger partial charge >= 0.3 is 0 Å². The number of hydrogen-bond acceptors (Lipinski definition) is 5. The van der Waals surface area contributed by atoms with Crippen molar-refractivity contribution in [3.63, 3.8) is 0 Å². The van der Waals surface area contributed by atoms with E-state index in [-0.39, 0.29) is 18.4 Å². The molecule has 1 atom stereocenters. The van der Waals surface area contributed by atoms with Crippen LogP contribution in [0.5, 0.6) is 11.5 Å². The largest absolute Gasteiger partial charge is 0.493 e. The van der Waals surface area contributed by atoms with Crippen LogP contribution in [0.1, 0.15) is 26.8 Å². The first-order valence-corrected chi connectivity index (χ1v) is 10.9. The van der Waals surface area contributed by atoms with Gasteiger partial charge in [0.05, 0.1) is 25.8 Å². The maximum Gasteiger partial charge on any atom is 0.259 e. The van der Waals surface area contributed by atoms with Gasteiger partial charge in [0.25, 0.3) is 5.91 Å². The summed E-state index contributed by atoms with van der Waals surface area (Å²) in [7, 11) is 3.01. The average Bonchev–Trinajstić information content (AvgIpc) is 3.23. The molecule has 0 radical (unpaired) electrons. The summed E-state index contributed by atoms with van der Waals surface area (Å²) >= 11 is 5.06. The van der Waals surface area contributed by atoms with Gasteiger partial charge in [-0.2, -0.15) is 0 Å². The molecule has 30 heavy (non-hydrogen) atoms. The molecule has 3 aromatic rings. The molecule has 1 aliphatic heterocycles. The predicted molar refractivity (Wildman–Crippen MR) is 120 cm³/mol. The fourth-order valence-electron chi connectivity index (χ4n) is 3.63. The maximum atomic E-state index is 13.7. The Morgan fingerprint density at radius 1 is 1.17 bits per heavy atom. The van der Waals surface area contributed by atoms with Gasteiger partial charge in [-0.1, -0.05) is 28.1 Å². The summed E-state index contributed by atoms with van der Waals surface area (Å²) < 4.78 is 11.7. The smallest absolute Gasteiger partial charge is 0.259 e. The highest BCUT2D eigenvalue weighted by Crippen LogP contribution is 2.41. The molecule has 1 N–H and O–H groups in total. The lowest BCUT2D eigenvalue weighted by molar-refractivity contribution is -0.117. The van der Waals surface area contributed by atoms with E-state index in [0.29, 0.717) is 22.7 Å². The molecule has 0 saturated carbocycles. The number of ether oxygens (including phenoxy) is 2. The lowest BCUT2D eigenvalue weighted by Crippen LogP contribution is -2.38. The van der Waals surface area contributed by atoms with Crippen LogP contribution in [0.25, 0.3) is 0 Å². The summed E-state index contributed by atoms with van der Waals surface area (Å²) in [6.45, 7) is -0.0892. The zero-order valence-electron chi connectivity index (χ0n) is 16.3. The van der Waals surface area contributed by atoms with E-state index in [9.17, 15) is 9.59 Å². The monoisotopic (exact) mass is 486 g/mol. The van der Waals surface area contributed by atoms with E-state index in [2.05, 4.69) is 21.2 Å². The molecule has 4 rings (SSSR count). The van der Waals surface area contributed by atoms with Crippen LogP contribution in [0.15, 0.2) is 58.4 Å². The third-order valence-corrected chi connectivity index (χ3v) is 6.33. The molecule has 6 nitrogen and oxygen atoms in total. The minimum Gasteiger partial charge on any atom is -0.493 e. The van der Waals surface area contributed by atoms with Crippen LogP contribution in [0.4, 0.5) is 5.69 Å². The van der Waals surface area contributed by atoms with Crippen molar-refractivity contribution in [3.8, 4) is 11.5 Å². The average molecular weight is 487 g/mol. The number of fused-ring (bicyclic) bond motifs is 1. The van der Waals surface area contributed by atoms with Crippen molar-refractivity contribution in [1.29, 1.82) is 0 Å². The highest BCUT2D eigenvalue weighted by atomic mass is 79.9. The number of amides is 2. The predicted octanol–water partition coefficient (Wildman–Crippen LogP) is 4.71. The van der Waals surface area contributed by atoms with Crippen LogP contribution in [-0.2, 0) is 4.79 Å². The number of carbonyl (C=O) groups is 2. The number of para-hydroxylation sites is 1. The number of nitrogens with zero attached hydrogens (tertiary/aromatic N) is 1. The fraction of sp³-hybridized carbons (Fsp3) is 0.182. The highest BCUT2D eigenvalue weighted by molar-refractivity contribution is 9.10. The molecule has 0 saturated heterocycles. The van der Waals surface area contributed by atoms with Gasteiger partial charge in [0.1, 0.15) is 6.54 Å². The van der Waals surface area contributed by atoms with Crippen LogP contribution < -0.4 is 14.8 Å². The van der Waals surface area contributed by atoms with Crippen LogP contribution in [0.3, 0.4) is 0 Å². The van der Waals surface area contributed by atoms with Gasteiger partial charge in [-0.25, -0.2) is 0 Å². The van der Waals surface area contributed by atoms with Crippen molar-refractivity contribution in [3.05, 3.63) is 74.4 Å². The van der Waals surface area contributed by atoms with Crippen LogP contribution in [0, 0.1) is 0 Å². The Labute approximate surface area is 186 Å². The van der Waals surface area contributed by atoms with Crippen LogP contribution >= 0.6 is 27.3 Å². The standard InChI is InChI=1S/C22H19BrN2O4S/c1-28-17-6-3-5-14(21(17)29-2)22(27)25-12-19(26)24-16-9-8-13(23)11-15(16)20(25)18-7-4-10-30-18/h3-11,20H,12H2,1-2H3,(H,24,26). The van der Waals surface area contributed by atoms with Crippen molar-refractivity contribution in [2.75, 3.05) is 26.1 Å². The van der Waals surface area contributed by atoms with Gasteiger partial charge in [-0.05, 0) is 41.8 Å². The van der Waals surface area contributed by atoms with E-state index >= 15 is 0 Å². The summed E-state index contributed by atoms with van der Waals surface area (Å²) in [5.74, 6) is 0.229. The van der Waals surface area contributed by atoms with Gasteiger partial charge in [0.2, 0.25) is 5.91 Å². The van der Waals surface area contributed by atoms with Gasteiger partial charge in [-0.15, -0.1) is 11.3 Å². The van der Waals surface area contributed by atoms with Gasteiger partial charge < -0.3 is 19.7 Å². The molecule has 0 aliphatic carbocycles. The Morgan fingerprint density at radius 3 is 2.70 bits per heavy atom. The van der Waals surface area contributed by atoms with E-state index in [1.165, 1.54) is 25.6 Å². The molecular formula is C22H19BrN2O4S. The first-order chi connectivity index (χ1) is 14.5. The topological polar surface area (TPSA) is 67.9 Å². The number of anilines is 1. The second-order valence-corrected chi connectivity index (χ2v) is 8.57. The van der Waals surface area contributed by atoms with E-state index in [1.807, 2.05) is 35.7 Å². The van der Waals surface area contributed by atoms with Crippen LogP contribution in [0.2, 0.25) is 0 Å². The zero-order chi connectivity index (χ0) is 21.3. The minimum atomic E-state index is -0.431. The van der Waals surface area contributed by atoms with Crippen molar-refractivity contribution < 1.29 is 19.1 Å².